The molecule has 1 spiro atoms. The standard InChI is InChI=1S/C28H30ClN5O8/c1-32(27(39)40)19-5-2-17(3-6-19)24(36)30-22(15-23(35)33-10-12-41-13-11-33)25(37)34-9-8-28(16-34)20-14-18(29)4-7-21(20)31-26(38)42-28/h2-7,14,22H,8-13,15-16H2,1H3,(H,30,36)(H,31,38)(H,39,40)/t22-,28-/m0/s1. The van der Waals surface area contributed by atoms with Gasteiger partial charge in [0, 0.05) is 54.9 Å². The third kappa shape index (κ3) is 5.97. The minimum Gasteiger partial charge on any atom is -0.465 e. The third-order valence-corrected chi connectivity index (χ3v) is 7.93. The number of morpholine rings is 1. The first-order valence-corrected chi connectivity index (χ1v) is 13.8. The molecule has 2 fully saturated rings. The Balaban J connectivity index is 1.36. The van der Waals surface area contributed by atoms with Crippen LogP contribution in [0.1, 0.15) is 28.8 Å². The van der Waals surface area contributed by atoms with E-state index in [0.717, 1.165) is 4.90 Å². The lowest BCUT2D eigenvalue weighted by atomic mass is 9.90. The summed E-state index contributed by atoms with van der Waals surface area (Å²) < 4.78 is 11.0. The lowest BCUT2D eigenvalue weighted by Gasteiger charge is -2.36. The molecule has 2 atom stereocenters. The van der Waals surface area contributed by atoms with Crippen LogP contribution in [0.4, 0.5) is 21.0 Å². The van der Waals surface area contributed by atoms with Gasteiger partial charge in [0.2, 0.25) is 11.8 Å². The van der Waals surface area contributed by atoms with Crippen LogP contribution in [-0.4, -0.2) is 97.3 Å². The summed E-state index contributed by atoms with van der Waals surface area (Å²) in [5, 5.41) is 15.0. The number of hydrogen-bond donors (Lipinski definition) is 3. The lowest BCUT2D eigenvalue weighted by molar-refractivity contribution is -0.141. The van der Waals surface area contributed by atoms with E-state index in [9.17, 15) is 29.1 Å². The number of nitrogens with one attached hydrogen (secondary N) is 2. The Kier molecular flexibility index (Phi) is 8.23. The maximum atomic E-state index is 13.9. The molecule has 0 unspecified atom stereocenters. The van der Waals surface area contributed by atoms with Crippen molar-refractivity contribution in [3.63, 3.8) is 0 Å². The molecule has 14 heteroatoms. The van der Waals surface area contributed by atoms with Crippen molar-refractivity contribution in [2.75, 3.05) is 56.7 Å². The highest BCUT2D eigenvalue weighted by Crippen LogP contribution is 2.44. The summed E-state index contributed by atoms with van der Waals surface area (Å²) in [5.74, 6) is -1.41. The minimum absolute atomic E-state index is 0.0148. The van der Waals surface area contributed by atoms with Crippen LogP contribution in [0.25, 0.3) is 0 Å². The molecular weight excluding hydrogens is 570 g/mol. The maximum absolute atomic E-state index is 13.9. The van der Waals surface area contributed by atoms with Gasteiger partial charge in [0.05, 0.1) is 31.9 Å². The normalized spacial score (nSPS) is 20.3. The molecule has 0 radical (unpaired) electrons. The highest BCUT2D eigenvalue weighted by Gasteiger charge is 2.49. The topological polar surface area (TPSA) is 158 Å². The zero-order chi connectivity index (χ0) is 30.0. The van der Waals surface area contributed by atoms with E-state index < -0.39 is 35.6 Å². The van der Waals surface area contributed by atoms with E-state index >= 15 is 0 Å². The molecule has 3 aliphatic heterocycles. The van der Waals surface area contributed by atoms with Gasteiger partial charge in [-0.3, -0.25) is 24.6 Å². The van der Waals surface area contributed by atoms with Crippen LogP contribution in [0, 0.1) is 0 Å². The Bertz CT molecular complexity index is 1410. The number of carbonyl (C=O) groups is 5. The number of carboxylic acid groups (broad SMARTS) is 1. The fraction of sp³-hybridized carbons (Fsp3) is 0.393. The Morgan fingerprint density at radius 1 is 1.10 bits per heavy atom. The molecular formula is C28H30ClN5O8. The number of likely N-dealkylation sites (tertiary alicyclic amines) is 1. The van der Waals surface area contributed by atoms with E-state index in [4.69, 9.17) is 21.1 Å². The Morgan fingerprint density at radius 3 is 2.50 bits per heavy atom. The molecule has 0 aromatic heterocycles. The fourth-order valence-electron chi connectivity index (χ4n) is 5.37. The average molecular weight is 600 g/mol. The minimum atomic E-state index is -1.21. The molecule has 2 saturated heterocycles. The molecule has 2 aromatic carbocycles. The molecule has 5 amide bonds. The van der Waals surface area contributed by atoms with E-state index in [1.807, 2.05) is 0 Å². The van der Waals surface area contributed by atoms with Crippen LogP contribution in [-0.2, 0) is 24.7 Å². The molecule has 13 nitrogen and oxygen atoms in total. The number of fused-ring (bicyclic) bond motifs is 2. The Morgan fingerprint density at radius 2 is 1.81 bits per heavy atom. The van der Waals surface area contributed by atoms with Crippen molar-refractivity contribution in [3.05, 3.63) is 58.6 Å². The number of nitrogens with zero attached hydrogens (tertiary/aromatic N) is 3. The first-order valence-electron chi connectivity index (χ1n) is 13.4. The van der Waals surface area contributed by atoms with Crippen molar-refractivity contribution in [2.24, 2.45) is 0 Å². The molecule has 0 saturated carbocycles. The zero-order valence-electron chi connectivity index (χ0n) is 22.8. The Labute approximate surface area is 246 Å². The van der Waals surface area contributed by atoms with Gasteiger partial charge in [0.1, 0.15) is 6.04 Å². The number of rotatable bonds is 6. The Hall–Kier alpha value is -4.36. The van der Waals surface area contributed by atoms with Crippen LogP contribution in [0.2, 0.25) is 5.02 Å². The van der Waals surface area contributed by atoms with Gasteiger partial charge in [-0.1, -0.05) is 11.6 Å². The molecule has 2 aromatic rings. The number of amides is 5. The predicted octanol–water partition coefficient (Wildman–Crippen LogP) is 2.49. The summed E-state index contributed by atoms with van der Waals surface area (Å²) in [4.78, 5) is 68.0. The van der Waals surface area contributed by atoms with Crippen LogP contribution in [0.15, 0.2) is 42.5 Å². The molecule has 3 N–H and O–H groups in total. The number of halogens is 1. The van der Waals surface area contributed by atoms with Gasteiger partial charge in [-0.05, 0) is 42.5 Å². The van der Waals surface area contributed by atoms with Crippen molar-refractivity contribution in [3.8, 4) is 0 Å². The largest absolute Gasteiger partial charge is 0.465 e. The quantitative estimate of drug-likeness (QED) is 0.457. The first kappa shape index (κ1) is 29.1. The van der Waals surface area contributed by atoms with E-state index in [1.165, 1.54) is 36.2 Å². The maximum Gasteiger partial charge on any atom is 0.412 e. The second-order valence-corrected chi connectivity index (χ2v) is 10.8. The number of benzene rings is 2. The summed E-state index contributed by atoms with van der Waals surface area (Å²) >= 11 is 6.23. The van der Waals surface area contributed by atoms with Gasteiger partial charge in [-0.2, -0.15) is 0 Å². The van der Waals surface area contributed by atoms with Crippen molar-refractivity contribution in [1.82, 2.24) is 15.1 Å². The van der Waals surface area contributed by atoms with E-state index in [1.54, 1.807) is 23.1 Å². The first-order chi connectivity index (χ1) is 20.1. The summed E-state index contributed by atoms with van der Waals surface area (Å²) in [5.41, 5.74) is 0.583. The van der Waals surface area contributed by atoms with Crippen molar-refractivity contribution in [2.45, 2.75) is 24.5 Å². The number of anilines is 2. The van der Waals surface area contributed by atoms with Crippen molar-refractivity contribution >= 4 is 52.9 Å². The van der Waals surface area contributed by atoms with Crippen LogP contribution in [0.5, 0.6) is 0 Å². The number of hydrogen-bond acceptors (Lipinski definition) is 7. The van der Waals surface area contributed by atoms with Crippen molar-refractivity contribution < 1.29 is 38.6 Å². The lowest BCUT2D eigenvalue weighted by Crippen LogP contribution is -2.52. The summed E-state index contributed by atoms with van der Waals surface area (Å²) in [7, 11) is 1.37. The molecule has 3 heterocycles. The van der Waals surface area contributed by atoms with Crippen molar-refractivity contribution in [1.29, 1.82) is 0 Å². The van der Waals surface area contributed by atoms with E-state index in [-0.39, 0.29) is 31.0 Å². The van der Waals surface area contributed by atoms with Gasteiger partial charge >= 0.3 is 12.2 Å². The molecule has 3 aliphatic rings. The van der Waals surface area contributed by atoms with Gasteiger partial charge in [0.25, 0.3) is 5.91 Å². The zero-order valence-corrected chi connectivity index (χ0v) is 23.6. The second kappa shape index (κ2) is 11.9. The number of carbonyl (C=O) groups excluding carboxylic acids is 4. The van der Waals surface area contributed by atoms with E-state index in [0.29, 0.717) is 54.7 Å². The smallest absolute Gasteiger partial charge is 0.412 e. The second-order valence-electron chi connectivity index (χ2n) is 10.3. The molecule has 222 valence electrons. The van der Waals surface area contributed by atoms with Crippen LogP contribution >= 0.6 is 11.6 Å². The molecule has 0 aliphatic carbocycles. The fourth-order valence-corrected chi connectivity index (χ4v) is 5.54. The summed E-state index contributed by atoms with van der Waals surface area (Å²) in [6.07, 6.45) is -1.79. The third-order valence-electron chi connectivity index (χ3n) is 7.69. The number of ether oxygens (including phenoxy) is 2. The van der Waals surface area contributed by atoms with Gasteiger partial charge < -0.3 is 29.7 Å². The summed E-state index contributed by atoms with van der Waals surface area (Å²) in [6.45, 7) is 1.74. The van der Waals surface area contributed by atoms with Crippen LogP contribution in [0.3, 0.4) is 0 Å². The predicted molar refractivity (Wildman–Crippen MR) is 151 cm³/mol. The van der Waals surface area contributed by atoms with Gasteiger partial charge in [0.15, 0.2) is 5.60 Å². The molecule has 0 bridgehead atoms. The van der Waals surface area contributed by atoms with Gasteiger partial charge in [-0.25, -0.2) is 9.59 Å². The SMILES string of the molecule is CN(C(=O)O)c1ccc(C(=O)N[C@@H](CC(=O)N2CCOCC2)C(=O)N2CC[C@@]3(C2)OC(=O)Nc2ccc(Cl)cc23)cc1. The highest BCUT2D eigenvalue weighted by atomic mass is 35.5. The summed E-state index contributed by atoms with van der Waals surface area (Å²) in [6, 6.07) is 9.62. The monoisotopic (exact) mass is 599 g/mol. The molecule has 5 rings (SSSR count). The van der Waals surface area contributed by atoms with E-state index in [2.05, 4.69) is 10.6 Å². The average Bonchev–Trinajstić information content (AvgIpc) is 3.40. The van der Waals surface area contributed by atoms with Crippen LogP contribution < -0.4 is 15.5 Å². The highest BCUT2D eigenvalue weighted by molar-refractivity contribution is 6.30. The molecule has 42 heavy (non-hydrogen) atoms. The van der Waals surface area contributed by atoms with Gasteiger partial charge in [-0.15, -0.1) is 0 Å².